The third-order valence-electron chi connectivity index (χ3n) is 5.95. The molecule has 2 heterocycles. The van der Waals surface area contributed by atoms with Crippen molar-refractivity contribution in [1.29, 1.82) is 0 Å². The van der Waals surface area contributed by atoms with Crippen LogP contribution in [0.5, 0.6) is 33.1 Å². The van der Waals surface area contributed by atoms with Gasteiger partial charge in [0, 0.05) is 0 Å². The van der Waals surface area contributed by atoms with Crippen molar-refractivity contribution >= 4 is 22.7 Å². The molecule has 37 heavy (non-hydrogen) atoms. The van der Waals surface area contributed by atoms with Crippen molar-refractivity contribution in [3.8, 4) is 33.1 Å². The Morgan fingerprint density at radius 3 is 1.46 bits per heavy atom. The van der Waals surface area contributed by atoms with Crippen molar-refractivity contribution in [2.45, 2.75) is 12.8 Å². The molecule has 0 saturated heterocycles. The normalized spacial score (nSPS) is 14.4. The van der Waals surface area contributed by atoms with Crippen LogP contribution in [0.1, 0.15) is 12.8 Å². The van der Waals surface area contributed by atoms with Gasteiger partial charge in [-0.05, 0) is 0 Å². The predicted octanol–water partition coefficient (Wildman–Crippen LogP) is 9.52. The second-order valence-corrected chi connectivity index (χ2v) is 17.5. The van der Waals surface area contributed by atoms with Gasteiger partial charge in [-0.3, -0.25) is 0 Å². The summed E-state index contributed by atoms with van der Waals surface area (Å²) < 4.78 is 28.7. The Balaban J connectivity index is 1.35. The molecule has 2 aromatic carbocycles. The molecule has 2 aromatic heterocycles. The molecular formula is C30H24O4S2Zr. The van der Waals surface area contributed by atoms with Gasteiger partial charge >= 0.3 is 231 Å². The van der Waals surface area contributed by atoms with E-state index in [1.54, 1.807) is 22.7 Å². The minimum absolute atomic E-state index is 0.739. The van der Waals surface area contributed by atoms with Gasteiger partial charge in [0.05, 0.1) is 0 Å². The van der Waals surface area contributed by atoms with Crippen LogP contribution in [0.25, 0.3) is 0 Å². The fourth-order valence-corrected chi connectivity index (χ4v) is 13.6. The monoisotopic (exact) mass is 602 g/mol. The van der Waals surface area contributed by atoms with Crippen LogP contribution in [0, 0.1) is 0 Å². The van der Waals surface area contributed by atoms with Crippen LogP contribution in [0.2, 0.25) is 0 Å². The van der Waals surface area contributed by atoms with Crippen molar-refractivity contribution in [2.75, 3.05) is 0 Å². The van der Waals surface area contributed by atoms with Crippen molar-refractivity contribution in [3.63, 3.8) is 0 Å². The van der Waals surface area contributed by atoms with E-state index in [1.165, 1.54) is 6.56 Å². The van der Waals surface area contributed by atoms with Gasteiger partial charge in [0.1, 0.15) is 0 Å². The molecule has 184 valence electrons. The molecule has 6 rings (SSSR count). The van der Waals surface area contributed by atoms with E-state index in [4.69, 9.17) is 15.1 Å². The molecule has 0 N–H and O–H groups in total. The molecule has 0 saturated carbocycles. The number of hydrogen-bond acceptors (Lipinski definition) is 6. The van der Waals surface area contributed by atoms with Gasteiger partial charge < -0.3 is 0 Å². The van der Waals surface area contributed by atoms with Crippen LogP contribution < -0.4 is 15.1 Å². The first-order valence-electron chi connectivity index (χ1n) is 12.0. The maximum absolute atomic E-state index is 7.04. The first-order valence-corrected chi connectivity index (χ1v) is 18.2. The van der Waals surface area contributed by atoms with E-state index >= 15 is 0 Å². The SMILES string of the molecule is C1=CC[C]([Zr]([O]c2cccc(Oc3cccs3)c2)([O]c2cccc(Oc3cccs3)c2)[C]2=CC=CC2)=C1. The zero-order chi connectivity index (χ0) is 24.9. The van der Waals surface area contributed by atoms with E-state index < -0.39 is 21.1 Å². The third-order valence-corrected chi connectivity index (χ3v) is 16.0. The van der Waals surface area contributed by atoms with Gasteiger partial charge in [-0.1, -0.05) is 0 Å². The molecule has 0 bridgehead atoms. The van der Waals surface area contributed by atoms with Gasteiger partial charge in [-0.25, -0.2) is 0 Å². The summed E-state index contributed by atoms with van der Waals surface area (Å²) in [5, 5.41) is 5.69. The molecule has 2 aliphatic carbocycles. The molecule has 7 heteroatoms. The Morgan fingerprint density at radius 1 is 0.568 bits per heavy atom. The Labute approximate surface area is 230 Å². The molecule has 0 radical (unpaired) electrons. The van der Waals surface area contributed by atoms with Gasteiger partial charge in [0.15, 0.2) is 0 Å². The number of ether oxygens (including phenoxy) is 2. The van der Waals surface area contributed by atoms with Crippen molar-refractivity contribution < 1.29 is 36.2 Å². The zero-order valence-corrected chi connectivity index (χ0v) is 24.0. The van der Waals surface area contributed by atoms with Gasteiger partial charge in [-0.15, -0.1) is 0 Å². The van der Waals surface area contributed by atoms with E-state index in [-0.39, 0.29) is 0 Å². The Bertz CT molecular complexity index is 1370. The van der Waals surface area contributed by atoms with Crippen molar-refractivity contribution in [2.24, 2.45) is 0 Å². The zero-order valence-electron chi connectivity index (χ0n) is 19.9. The van der Waals surface area contributed by atoms with E-state index in [2.05, 4.69) is 36.5 Å². The van der Waals surface area contributed by atoms with Crippen LogP contribution in [0.3, 0.4) is 0 Å². The molecule has 0 aliphatic heterocycles. The molecular weight excluding hydrogens is 580 g/mol. The second-order valence-electron chi connectivity index (χ2n) is 8.49. The summed E-state index contributed by atoms with van der Waals surface area (Å²) in [4.78, 5) is 0. The Morgan fingerprint density at radius 2 is 1.05 bits per heavy atom. The number of allylic oxidation sites excluding steroid dienone is 8. The molecule has 0 amide bonds. The molecule has 4 nitrogen and oxygen atoms in total. The van der Waals surface area contributed by atoms with E-state index in [9.17, 15) is 0 Å². The van der Waals surface area contributed by atoms with Gasteiger partial charge in [0.25, 0.3) is 0 Å². The Hall–Kier alpha value is -3.12. The number of hydrogen-bond donors (Lipinski definition) is 0. The average molecular weight is 604 g/mol. The summed E-state index contributed by atoms with van der Waals surface area (Å²) in [6.45, 7) is 0. The number of benzene rings is 2. The molecule has 4 aromatic rings. The van der Waals surface area contributed by atoms with Gasteiger partial charge in [0.2, 0.25) is 0 Å². The maximum atomic E-state index is 7.04. The summed E-state index contributed by atoms with van der Waals surface area (Å²) in [5.74, 6) is 2.97. The summed E-state index contributed by atoms with van der Waals surface area (Å²) in [6.07, 6.45) is 14.5. The number of rotatable bonds is 10. The Kier molecular flexibility index (Phi) is 7.27. The van der Waals surface area contributed by atoms with E-state index in [0.717, 1.165) is 46.0 Å². The fourth-order valence-electron chi connectivity index (χ4n) is 4.28. The van der Waals surface area contributed by atoms with Crippen LogP contribution >= 0.6 is 22.7 Å². The first-order chi connectivity index (χ1) is 18.3. The van der Waals surface area contributed by atoms with E-state index in [0.29, 0.717) is 0 Å². The van der Waals surface area contributed by atoms with Crippen molar-refractivity contribution in [3.05, 3.63) is 127 Å². The van der Waals surface area contributed by atoms with Crippen LogP contribution in [-0.4, -0.2) is 0 Å². The quantitative estimate of drug-likeness (QED) is 0.181. The molecule has 2 aliphatic rings. The summed E-state index contributed by atoms with van der Waals surface area (Å²) in [6, 6.07) is 23.6. The molecule has 0 fully saturated rings. The molecule has 0 spiro atoms. The number of thiophene rings is 2. The standard InChI is InChI=1S/2C10H8O2S.2C5H5.Zr/c2*11-8-3-1-4-9(7-8)12-10-5-2-6-13-10;2*1-2-4-5-3-1;/h2*1-7,11H;2*1-3H,4H2;/q;;;;+2/p-2. The third kappa shape index (κ3) is 5.59. The summed E-state index contributed by atoms with van der Waals surface area (Å²) in [5.41, 5.74) is 0. The van der Waals surface area contributed by atoms with Crippen LogP contribution in [0.4, 0.5) is 0 Å². The molecule has 0 atom stereocenters. The average Bonchev–Trinajstić information content (AvgIpc) is 3.73. The first kappa shape index (κ1) is 24.2. The topological polar surface area (TPSA) is 36.9 Å². The fraction of sp³-hybridized carbons (Fsp3) is 0.0667. The van der Waals surface area contributed by atoms with Crippen molar-refractivity contribution in [1.82, 2.24) is 0 Å². The minimum atomic E-state index is -4.14. The summed E-state index contributed by atoms with van der Waals surface area (Å²) >= 11 is -1.02. The predicted molar refractivity (Wildman–Crippen MR) is 147 cm³/mol. The second kappa shape index (κ2) is 11.1. The van der Waals surface area contributed by atoms with E-state index in [1.807, 2.05) is 83.6 Å². The van der Waals surface area contributed by atoms with Crippen LogP contribution in [-0.2, 0) is 21.1 Å². The molecule has 0 unspecified atom stereocenters. The summed E-state index contributed by atoms with van der Waals surface area (Å²) in [7, 11) is 0. The van der Waals surface area contributed by atoms with Gasteiger partial charge in [-0.2, -0.15) is 0 Å². The van der Waals surface area contributed by atoms with Crippen LogP contribution in [0.15, 0.2) is 127 Å².